The van der Waals surface area contributed by atoms with Gasteiger partial charge in [-0.3, -0.25) is 4.79 Å². The number of rotatable bonds is 9. The van der Waals surface area contributed by atoms with Crippen LogP contribution in [0.3, 0.4) is 0 Å². The van der Waals surface area contributed by atoms with Crippen LogP contribution in [-0.4, -0.2) is 37.2 Å². The van der Waals surface area contributed by atoms with Gasteiger partial charge in [-0.1, -0.05) is 18.2 Å². The van der Waals surface area contributed by atoms with Crippen LogP contribution in [0.2, 0.25) is 0 Å². The van der Waals surface area contributed by atoms with Crippen molar-refractivity contribution in [3.8, 4) is 17.2 Å². The van der Waals surface area contributed by atoms with Gasteiger partial charge >= 0.3 is 5.97 Å². The lowest BCUT2D eigenvalue weighted by Gasteiger charge is -2.10. The molecule has 6 heteroatoms. The molecule has 0 atom stereocenters. The summed E-state index contributed by atoms with van der Waals surface area (Å²) in [5.74, 6) is -0.0612. The van der Waals surface area contributed by atoms with Gasteiger partial charge in [0.05, 0.1) is 13.7 Å². The number of hydrogen-bond donors (Lipinski definition) is 1. The second-order valence-electron chi connectivity index (χ2n) is 5.22. The van der Waals surface area contributed by atoms with Gasteiger partial charge in [-0.2, -0.15) is 0 Å². The van der Waals surface area contributed by atoms with Crippen LogP contribution in [-0.2, 0) is 4.79 Å². The summed E-state index contributed by atoms with van der Waals surface area (Å²) in [6.07, 6.45) is 3.14. The van der Waals surface area contributed by atoms with Crippen LogP contribution in [0.4, 0.5) is 0 Å². The zero-order chi connectivity index (χ0) is 18.9. The molecule has 6 nitrogen and oxygen atoms in total. The molecule has 0 amide bonds. The van der Waals surface area contributed by atoms with E-state index in [1.807, 2.05) is 31.2 Å². The van der Waals surface area contributed by atoms with E-state index in [1.54, 1.807) is 12.1 Å². The Kier molecular flexibility index (Phi) is 6.79. The molecule has 136 valence electrons. The molecule has 0 spiro atoms. The molecule has 0 radical (unpaired) electrons. The number of carbonyl (C=O) groups is 2. The third-order valence-corrected chi connectivity index (χ3v) is 3.43. The van der Waals surface area contributed by atoms with Crippen molar-refractivity contribution in [1.29, 1.82) is 0 Å². The van der Waals surface area contributed by atoms with E-state index < -0.39 is 12.6 Å². The predicted molar refractivity (Wildman–Crippen MR) is 97.1 cm³/mol. The molecule has 0 fully saturated rings. The van der Waals surface area contributed by atoms with Crippen LogP contribution in [0, 0.1) is 0 Å². The molecule has 0 aliphatic heterocycles. The van der Waals surface area contributed by atoms with Crippen molar-refractivity contribution >= 4 is 17.8 Å². The third-order valence-electron chi connectivity index (χ3n) is 3.43. The minimum atomic E-state index is -1.09. The lowest BCUT2D eigenvalue weighted by atomic mass is 10.1. The van der Waals surface area contributed by atoms with E-state index in [0.717, 1.165) is 5.56 Å². The number of methoxy groups -OCH3 is 1. The van der Waals surface area contributed by atoms with Gasteiger partial charge in [-0.15, -0.1) is 0 Å². The van der Waals surface area contributed by atoms with Crippen molar-refractivity contribution in [3.63, 3.8) is 0 Å². The number of para-hydroxylation sites is 1. The maximum atomic E-state index is 12.4. The molecule has 0 heterocycles. The summed E-state index contributed by atoms with van der Waals surface area (Å²) in [6.45, 7) is 1.94. The van der Waals surface area contributed by atoms with Crippen molar-refractivity contribution in [2.75, 3.05) is 20.3 Å². The maximum absolute atomic E-state index is 12.4. The Labute approximate surface area is 151 Å². The Bertz CT molecular complexity index is 810. The van der Waals surface area contributed by atoms with Crippen LogP contribution in [0.5, 0.6) is 17.2 Å². The predicted octanol–water partition coefficient (Wildman–Crippen LogP) is 3.45. The molecular weight excluding hydrogens is 336 g/mol. The van der Waals surface area contributed by atoms with Gasteiger partial charge in [-0.05, 0) is 43.3 Å². The summed E-state index contributed by atoms with van der Waals surface area (Å²) >= 11 is 0. The van der Waals surface area contributed by atoms with Crippen LogP contribution in [0.25, 0.3) is 6.08 Å². The second-order valence-corrected chi connectivity index (χ2v) is 5.22. The SMILES string of the molecule is CCOc1ccccc1C=CC(=O)c1ccc(OCC(=O)O)c(OC)c1. The number of benzene rings is 2. The van der Waals surface area contributed by atoms with Gasteiger partial charge < -0.3 is 19.3 Å². The van der Waals surface area contributed by atoms with E-state index >= 15 is 0 Å². The largest absolute Gasteiger partial charge is 0.493 e. The first-order chi connectivity index (χ1) is 12.5. The van der Waals surface area contributed by atoms with E-state index in [0.29, 0.717) is 23.7 Å². The lowest BCUT2D eigenvalue weighted by Crippen LogP contribution is -2.10. The molecule has 0 saturated carbocycles. The van der Waals surface area contributed by atoms with Crippen molar-refractivity contribution < 1.29 is 28.9 Å². The highest BCUT2D eigenvalue weighted by Crippen LogP contribution is 2.28. The van der Waals surface area contributed by atoms with Crippen LogP contribution >= 0.6 is 0 Å². The topological polar surface area (TPSA) is 82.1 Å². The Hall–Kier alpha value is -3.28. The third kappa shape index (κ3) is 5.11. The summed E-state index contributed by atoms with van der Waals surface area (Å²) in [6, 6.07) is 12.0. The number of hydrogen-bond acceptors (Lipinski definition) is 5. The first kappa shape index (κ1) is 19.1. The fourth-order valence-corrected chi connectivity index (χ4v) is 2.25. The number of carboxylic acid groups (broad SMARTS) is 1. The fourth-order valence-electron chi connectivity index (χ4n) is 2.25. The van der Waals surface area contributed by atoms with Crippen LogP contribution in [0.15, 0.2) is 48.5 Å². The molecule has 0 aliphatic rings. The number of ether oxygens (including phenoxy) is 3. The molecule has 2 aromatic carbocycles. The van der Waals surface area contributed by atoms with Gasteiger partial charge in [0.15, 0.2) is 23.9 Å². The maximum Gasteiger partial charge on any atom is 0.341 e. The number of ketones is 1. The molecule has 2 aromatic rings. The molecule has 2 rings (SSSR count). The van der Waals surface area contributed by atoms with Gasteiger partial charge in [0.2, 0.25) is 0 Å². The molecule has 1 N–H and O–H groups in total. The van der Waals surface area contributed by atoms with E-state index in [-0.39, 0.29) is 11.5 Å². The van der Waals surface area contributed by atoms with E-state index in [9.17, 15) is 9.59 Å². The van der Waals surface area contributed by atoms with Crippen molar-refractivity contribution in [1.82, 2.24) is 0 Å². The monoisotopic (exact) mass is 356 g/mol. The van der Waals surface area contributed by atoms with Crippen LogP contribution in [0.1, 0.15) is 22.8 Å². The standard InChI is InChI=1S/C20H20O6/c1-3-25-17-7-5-4-6-14(17)8-10-16(21)15-9-11-18(19(12-15)24-2)26-13-20(22)23/h4-12H,3,13H2,1-2H3,(H,22,23). The Balaban J connectivity index is 2.18. The summed E-state index contributed by atoms with van der Waals surface area (Å²) in [5.41, 5.74) is 1.20. The number of allylic oxidation sites excluding steroid dienone is 1. The number of aliphatic carboxylic acids is 1. The Morgan fingerprint density at radius 3 is 2.50 bits per heavy atom. The minimum Gasteiger partial charge on any atom is -0.493 e. The lowest BCUT2D eigenvalue weighted by molar-refractivity contribution is -0.139. The normalized spacial score (nSPS) is 10.5. The van der Waals surface area contributed by atoms with Gasteiger partial charge in [0, 0.05) is 11.1 Å². The van der Waals surface area contributed by atoms with Gasteiger partial charge in [0.1, 0.15) is 5.75 Å². The number of carbonyl (C=O) groups excluding carboxylic acids is 1. The minimum absolute atomic E-state index is 0.223. The second kappa shape index (κ2) is 9.27. The van der Waals surface area contributed by atoms with Crippen molar-refractivity contribution in [3.05, 3.63) is 59.7 Å². The van der Waals surface area contributed by atoms with Crippen LogP contribution < -0.4 is 14.2 Å². The highest BCUT2D eigenvalue weighted by Gasteiger charge is 2.11. The van der Waals surface area contributed by atoms with Gasteiger partial charge in [-0.25, -0.2) is 4.79 Å². The highest BCUT2D eigenvalue weighted by atomic mass is 16.5. The fraction of sp³-hybridized carbons (Fsp3) is 0.200. The smallest absolute Gasteiger partial charge is 0.341 e. The van der Waals surface area contributed by atoms with Crippen molar-refractivity contribution in [2.24, 2.45) is 0 Å². The quantitative estimate of drug-likeness (QED) is 0.547. The average Bonchev–Trinajstić information content (AvgIpc) is 2.65. The molecule has 0 bridgehead atoms. The molecule has 0 aliphatic carbocycles. The first-order valence-corrected chi connectivity index (χ1v) is 8.02. The Morgan fingerprint density at radius 2 is 1.81 bits per heavy atom. The van der Waals surface area contributed by atoms with Gasteiger partial charge in [0.25, 0.3) is 0 Å². The van der Waals surface area contributed by atoms with E-state index in [2.05, 4.69) is 0 Å². The van der Waals surface area contributed by atoms with E-state index in [1.165, 1.54) is 25.3 Å². The zero-order valence-corrected chi connectivity index (χ0v) is 14.6. The first-order valence-electron chi connectivity index (χ1n) is 8.02. The summed E-state index contributed by atoms with van der Waals surface area (Å²) in [7, 11) is 1.42. The summed E-state index contributed by atoms with van der Waals surface area (Å²) < 4.78 is 15.8. The summed E-state index contributed by atoms with van der Waals surface area (Å²) in [4.78, 5) is 23.0. The van der Waals surface area contributed by atoms with E-state index in [4.69, 9.17) is 19.3 Å². The highest BCUT2D eigenvalue weighted by molar-refractivity contribution is 6.07. The molecular formula is C20H20O6. The molecule has 0 unspecified atom stereocenters. The van der Waals surface area contributed by atoms with Crippen molar-refractivity contribution in [2.45, 2.75) is 6.92 Å². The average molecular weight is 356 g/mol. The Morgan fingerprint density at radius 1 is 1.04 bits per heavy atom. The molecule has 0 saturated heterocycles. The zero-order valence-electron chi connectivity index (χ0n) is 14.6. The summed E-state index contributed by atoms with van der Waals surface area (Å²) in [5, 5.41) is 8.68. The number of carboxylic acids is 1. The molecule has 26 heavy (non-hydrogen) atoms. The molecule has 0 aromatic heterocycles.